The third-order valence-corrected chi connectivity index (χ3v) is 3.26. The Balaban J connectivity index is 1.97. The van der Waals surface area contributed by atoms with Gasteiger partial charge in [-0.05, 0) is 29.8 Å². The highest BCUT2D eigenvalue weighted by Crippen LogP contribution is 2.23. The van der Waals surface area contributed by atoms with Crippen LogP contribution in [0.1, 0.15) is 10.9 Å². The number of hydrogen-bond donors (Lipinski definition) is 1. The molecular weight excluding hydrogens is 286 g/mol. The van der Waals surface area contributed by atoms with Gasteiger partial charge in [0.25, 0.3) is 0 Å². The molecule has 1 atom stereocenters. The Morgan fingerprint density at radius 2 is 1.86 bits per heavy atom. The van der Waals surface area contributed by atoms with E-state index in [1.165, 1.54) is 0 Å². The van der Waals surface area contributed by atoms with Crippen LogP contribution in [-0.2, 0) is 4.79 Å². The van der Waals surface area contributed by atoms with Gasteiger partial charge in [0.2, 0.25) is 5.91 Å². The quantitative estimate of drug-likeness (QED) is 0.642. The van der Waals surface area contributed by atoms with Gasteiger partial charge in [0.1, 0.15) is 17.7 Å². The van der Waals surface area contributed by atoms with Crippen LogP contribution < -0.4 is 10.1 Å². The molecule has 0 bridgehead atoms. The van der Waals surface area contributed by atoms with Gasteiger partial charge in [0.05, 0.1) is 0 Å². The van der Waals surface area contributed by atoms with E-state index in [0.29, 0.717) is 12.3 Å². The molecule has 0 fully saturated rings. The van der Waals surface area contributed by atoms with Crippen molar-refractivity contribution in [3.63, 3.8) is 0 Å². The van der Waals surface area contributed by atoms with Gasteiger partial charge in [-0.15, -0.1) is 11.6 Å². The summed E-state index contributed by atoms with van der Waals surface area (Å²) in [4.78, 5) is 12.1. The topological polar surface area (TPSA) is 38.3 Å². The van der Waals surface area contributed by atoms with Crippen LogP contribution in [0, 0.1) is 0 Å². The monoisotopic (exact) mass is 301 g/mol. The minimum atomic E-state index is -0.720. The lowest BCUT2D eigenvalue weighted by atomic mass is 10.1. The number of carbonyl (C=O) groups is 1. The summed E-state index contributed by atoms with van der Waals surface area (Å²) in [5.74, 6) is 0.459. The number of ether oxygens (including phenoxy) is 1. The van der Waals surface area contributed by atoms with E-state index >= 15 is 0 Å². The normalized spacial score (nSPS) is 11.5. The number of amides is 1. The van der Waals surface area contributed by atoms with Crippen LogP contribution in [-0.4, -0.2) is 12.5 Å². The third-order valence-electron chi connectivity index (χ3n) is 2.81. The number of halogens is 1. The second-order valence-electron chi connectivity index (χ2n) is 4.39. The van der Waals surface area contributed by atoms with Gasteiger partial charge in [-0.2, -0.15) is 0 Å². The highest BCUT2D eigenvalue weighted by molar-refractivity contribution is 6.32. The van der Waals surface area contributed by atoms with Crippen molar-refractivity contribution in [1.29, 1.82) is 0 Å². The predicted octanol–water partition coefficient (Wildman–Crippen LogP) is 4.17. The predicted molar refractivity (Wildman–Crippen MR) is 85.8 cm³/mol. The van der Waals surface area contributed by atoms with E-state index in [1.54, 1.807) is 30.3 Å². The lowest BCUT2D eigenvalue weighted by Crippen LogP contribution is -2.17. The maximum Gasteiger partial charge on any atom is 0.246 e. The fourth-order valence-corrected chi connectivity index (χ4v) is 1.97. The van der Waals surface area contributed by atoms with Crippen molar-refractivity contribution in [3.05, 3.63) is 72.8 Å². The first-order chi connectivity index (χ1) is 10.2. The summed E-state index contributed by atoms with van der Waals surface area (Å²) in [5.41, 5.74) is 1.44. The molecule has 0 aliphatic carbocycles. The van der Waals surface area contributed by atoms with E-state index in [2.05, 4.69) is 11.9 Å². The Hall–Kier alpha value is -2.26. The van der Waals surface area contributed by atoms with Crippen LogP contribution in [0.25, 0.3) is 0 Å². The molecule has 0 spiro atoms. The van der Waals surface area contributed by atoms with Crippen LogP contribution in [0.15, 0.2) is 67.3 Å². The van der Waals surface area contributed by atoms with Gasteiger partial charge in [0, 0.05) is 5.69 Å². The summed E-state index contributed by atoms with van der Waals surface area (Å²) in [5, 5.41) is 2.06. The largest absolute Gasteiger partial charge is 0.490 e. The van der Waals surface area contributed by atoms with Crippen molar-refractivity contribution in [2.45, 2.75) is 5.38 Å². The number of benzene rings is 2. The molecule has 0 saturated heterocycles. The van der Waals surface area contributed by atoms with Crippen LogP contribution in [0.5, 0.6) is 5.75 Å². The van der Waals surface area contributed by atoms with Crippen molar-refractivity contribution >= 4 is 23.2 Å². The number of hydrogen-bond acceptors (Lipinski definition) is 2. The molecule has 1 N–H and O–H groups in total. The molecule has 2 rings (SSSR count). The summed E-state index contributed by atoms with van der Waals surface area (Å²) in [6, 6.07) is 16.3. The molecule has 0 radical (unpaired) electrons. The number of carbonyl (C=O) groups excluding carboxylic acids is 1. The molecule has 3 nitrogen and oxygen atoms in total. The Morgan fingerprint density at radius 1 is 1.19 bits per heavy atom. The molecular formula is C17H16ClNO2. The van der Waals surface area contributed by atoms with Crippen LogP contribution in [0.2, 0.25) is 0 Å². The van der Waals surface area contributed by atoms with E-state index in [-0.39, 0.29) is 5.91 Å². The summed E-state index contributed by atoms with van der Waals surface area (Å²) in [6.07, 6.45) is 1.67. The summed E-state index contributed by atoms with van der Waals surface area (Å²) >= 11 is 6.16. The second-order valence-corrected chi connectivity index (χ2v) is 4.82. The van der Waals surface area contributed by atoms with Crippen molar-refractivity contribution in [3.8, 4) is 5.75 Å². The van der Waals surface area contributed by atoms with Gasteiger partial charge in [-0.25, -0.2) is 0 Å². The molecule has 1 amide bonds. The lowest BCUT2D eigenvalue weighted by molar-refractivity contribution is -0.116. The van der Waals surface area contributed by atoms with Gasteiger partial charge in [-0.3, -0.25) is 4.79 Å². The van der Waals surface area contributed by atoms with E-state index in [4.69, 9.17) is 16.3 Å². The SMILES string of the molecule is C=CCOc1ccc(NC(=O)C(Cl)c2ccccc2)cc1. The van der Waals surface area contributed by atoms with E-state index < -0.39 is 5.38 Å². The molecule has 4 heteroatoms. The molecule has 21 heavy (non-hydrogen) atoms. The number of rotatable bonds is 6. The minimum Gasteiger partial charge on any atom is -0.490 e. The number of nitrogens with one attached hydrogen (secondary N) is 1. The molecule has 0 aliphatic rings. The zero-order valence-electron chi connectivity index (χ0n) is 11.5. The van der Waals surface area contributed by atoms with E-state index in [1.807, 2.05) is 30.3 Å². The molecule has 0 saturated carbocycles. The smallest absolute Gasteiger partial charge is 0.246 e. The van der Waals surface area contributed by atoms with Gasteiger partial charge >= 0.3 is 0 Å². The summed E-state index contributed by atoms with van der Waals surface area (Å²) in [6.45, 7) is 4.03. The van der Waals surface area contributed by atoms with E-state index in [0.717, 1.165) is 11.3 Å². The summed E-state index contributed by atoms with van der Waals surface area (Å²) in [7, 11) is 0. The zero-order valence-corrected chi connectivity index (χ0v) is 12.2. The molecule has 0 aliphatic heterocycles. The van der Waals surface area contributed by atoms with E-state index in [9.17, 15) is 4.79 Å². The standard InChI is InChI=1S/C17H16ClNO2/c1-2-12-21-15-10-8-14(9-11-15)19-17(20)16(18)13-6-4-3-5-7-13/h2-11,16H,1,12H2,(H,19,20). The van der Waals surface area contributed by atoms with Crippen molar-refractivity contribution in [1.82, 2.24) is 0 Å². The Kier molecular flexibility index (Phi) is 5.41. The molecule has 2 aromatic rings. The highest BCUT2D eigenvalue weighted by atomic mass is 35.5. The fourth-order valence-electron chi connectivity index (χ4n) is 1.77. The summed E-state index contributed by atoms with van der Waals surface area (Å²) < 4.78 is 5.38. The first-order valence-electron chi connectivity index (χ1n) is 6.54. The molecule has 0 aromatic heterocycles. The minimum absolute atomic E-state index is 0.261. The average molecular weight is 302 g/mol. The van der Waals surface area contributed by atoms with Crippen molar-refractivity contribution < 1.29 is 9.53 Å². The Bertz CT molecular complexity index is 596. The average Bonchev–Trinajstić information content (AvgIpc) is 2.54. The van der Waals surface area contributed by atoms with Crippen molar-refractivity contribution in [2.75, 3.05) is 11.9 Å². The number of anilines is 1. The highest BCUT2D eigenvalue weighted by Gasteiger charge is 2.17. The van der Waals surface area contributed by atoms with Gasteiger partial charge in [0.15, 0.2) is 0 Å². The molecule has 2 aromatic carbocycles. The lowest BCUT2D eigenvalue weighted by Gasteiger charge is -2.11. The first kappa shape index (κ1) is 15.1. The third kappa shape index (κ3) is 4.36. The zero-order chi connectivity index (χ0) is 15.1. The van der Waals surface area contributed by atoms with Crippen molar-refractivity contribution in [2.24, 2.45) is 0 Å². The van der Waals surface area contributed by atoms with Gasteiger partial charge < -0.3 is 10.1 Å². The van der Waals surface area contributed by atoms with Gasteiger partial charge in [-0.1, -0.05) is 43.0 Å². The maximum atomic E-state index is 12.1. The molecule has 1 unspecified atom stereocenters. The first-order valence-corrected chi connectivity index (χ1v) is 6.98. The second kappa shape index (κ2) is 7.50. The van der Waals surface area contributed by atoms with Crippen LogP contribution in [0.4, 0.5) is 5.69 Å². The molecule has 108 valence electrons. The molecule has 0 heterocycles. The Morgan fingerprint density at radius 3 is 2.48 bits per heavy atom. The Labute approximate surface area is 129 Å². The maximum absolute atomic E-state index is 12.1. The fraction of sp³-hybridized carbons (Fsp3) is 0.118. The number of alkyl halides is 1. The van der Waals surface area contributed by atoms with Crippen LogP contribution >= 0.6 is 11.6 Å². The van der Waals surface area contributed by atoms with Crippen LogP contribution in [0.3, 0.4) is 0 Å².